The Balaban J connectivity index is 1.07. The standard InChI is InChI=1S/C32H44ClN7O2/c1-17(2)39(14-19-12-25(29(42)28(19)41)40-15-22(33)27-30(34)35-16-36-31(27)40)21-10-18(11-21)6-9-26-37-23-8-7-20(32(3,4)5)13-24(23)38-26/h7-8,13,15-19,21,25,28-29,41-42H,6,9-12,14H2,1-5H3,(H,37,38)(H2,34,35,36)/t18?,19-,21?,25-,28-,29+/m1/s1. The van der Waals surface area contributed by atoms with Gasteiger partial charge in [0.25, 0.3) is 0 Å². The Labute approximate surface area is 252 Å². The van der Waals surface area contributed by atoms with Crippen LogP contribution >= 0.6 is 11.6 Å². The summed E-state index contributed by atoms with van der Waals surface area (Å²) in [5, 5.41) is 23.3. The highest BCUT2D eigenvalue weighted by atomic mass is 35.5. The third-order valence-corrected chi connectivity index (χ3v) is 9.98. The largest absolute Gasteiger partial charge is 0.390 e. The Kier molecular flexibility index (Phi) is 7.75. The SMILES string of the molecule is CC(C)N(C[C@H]1C[C@@H](n2cc(Cl)c3c(N)ncnc32)[C@H](O)[C@@H]1O)C1CC(CCc2nc3cc(C(C)(C)C)ccc3[nH]2)C1. The number of hydrogen-bond donors (Lipinski definition) is 4. The molecule has 2 fully saturated rings. The molecule has 9 nitrogen and oxygen atoms in total. The van der Waals surface area contributed by atoms with Gasteiger partial charge in [-0.05, 0) is 68.6 Å². The number of aliphatic hydroxyl groups excluding tert-OH is 2. The van der Waals surface area contributed by atoms with Gasteiger partial charge in [-0.3, -0.25) is 4.90 Å². The zero-order valence-corrected chi connectivity index (χ0v) is 26.0. The van der Waals surface area contributed by atoms with Crippen molar-refractivity contribution >= 4 is 39.5 Å². The molecule has 0 saturated heterocycles. The Morgan fingerprint density at radius 3 is 2.62 bits per heavy atom. The van der Waals surface area contributed by atoms with Crippen LogP contribution in [0.4, 0.5) is 5.82 Å². The molecule has 0 aliphatic heterocycles. The molecule has 2 aliphatic carbocycles. The average Bonchev–Trinajstić information content (AvgIpc) is 3.55. The quantitative estimate of drug-likeness (QED) is 0.220. The highest BCUT2D eigenvalue weighted by molar-refractivity contribution is 6.36. The van der Waals surface area contributed by atoms with Gasteiger partial charge in [0.15, 0.2) is 0 Å². The molecule has 4 aromatic rings. The summed E-state index contributed by atoms with van der Waals surface area (Å²) in [7, 11) is 0. The number of rotatable bonds is 8. The van der Waals surface area contributed by atoms with Crippen LogP contribution in [-0.4, -0.2) is 70.5 Å². The second-order valence-electron chi connectivity index (χ2n) is 13.9. The van der Waals surface area contributed by atoms with Crippen molar-refractivity contribution in [2.75, 3.05) is 12.3 Å². The number of aryl methyl sites for hydroxylation is 1. The van der Waals surface area contributed by atoms with Crippen LogP contribution in [-0.2, 0) is 11.8 Å². The molecule has 3 aromatic heterocycles. The molecule has 6 rings (SSSR count). The Hall–Kier alpha value is -2.72. The van der Waals surface area contributed by atoms with Gasteiger partial charge in [-0.1, -0.05) is 38.4 Å². The third-order valence-electron chi connectivity index (χ3n) is 9.70. The van der Waals surface area contributed by atoms with Crippen molar-refractivity contribution in [1.82, 2.24) is 29.4 Å². The number of nitrogens with two attached hydrogens (primary N) is 1. The third kappa shape index (κ3) is 5.41. The lowest BCUT2D eigenvalue weighted by Crippen LogP contribution is -2.51. The number of aromatic amines is 1. The molecular formula is C32H44ClN7O2. The highest BCUT2D eigenvalue weighted by Crippen LogP contribution is 2.42. The number of hydrogen-bond acceptors (Lipinski definition) is 7. The second kappa shape index (κ2) is 11.1. The van der Waals surface area contributed by atoms with E-state index in [0.29, 0.717) is 46.3 Å². The molecule has 0 amide bonds. The molecule has 4 atom stereocenters. The zero-order valence-electron chi connectivity index (χ0n) is 25.3. The normalized spacial score (nSPS) is 26.6. The molecular weight excluding hydrogens is 550 g/mol. The van der Waals surface area contributed by atoms with Gasteiger partial charge in [0.1, 0.15) is 29.7 Å². The zero-order chi connectivity index (χ0) is 29.9. The van der Waals surface area contributed by atoms with Crippen LogP contribution in [0.2, 0.25) is 5.02 Å². The molecule has 1 aromatic carbocycles. The fourth-order valence-corrected chi connectivity index (χ4v) is 7.40. The maximum absolute atomic E-state index is 11.1. The number of H-pyrrole nitrogens is 1. The van der Waals surface area contributed by atoms with Gasteiger partial charge in [0, 0.05) is 37.2 Å². The minimum absolute atomic E-state index is 0.0598. The lowest BCUT2D eigenvalue weighted by atomic mass is 9.76. The van der Waals surface area contributed by atoms with Gasteiger partial charge >= 0.3 is 0 Å². The number of nitrogens with one attached hydrogen (secondary N) is 1. The molecule has 42 heavy (non-hydrogen) atoms. The van der Waals surface area contributed by atoms with Crippen molar-refractivity contribution in [3.63, 3.8) is 0 Å². The number of nitrogens with zero attached hydrogens (tertiary/aromatic N) is 5. The molecule has 2 saturated carbocycles. The van der Waals surface area contributed by atoms with Crippen molar-refractivity contribution in [2.45, 2.75) is 102 Å². The van der Waals surface area contributed by atoms with E-state index in [-0.39, 0.29) is 17.4 Å². The number of anilines is 1. The van der Waals surface area contributed by atoms with Crippen LogP contribution in [0.3, 0.4) is 0 Å². The molecule has 10 heteroatoms. The summed E-state index contributed by atoms with van der Waals surface area (Å²) in [6.45, 7) is 11.9. The summed E-state index contributed by atoms with van der Waals surface area (Å²) in [4.78, 5) is 19.4. The summed E-state index contributed by atoms with van der Waals surface area (Å²) in [5.74, 6) is 1.99. The summed E-state index contributed by atoms with van der Waals surface area (Å²) < 4.78 is 1.87. The second-order valence-corrected chi connectivity index (χ2v) is 14.3. The minimum atomic E-state index is -0.913. The Morgan fingerprint density at radius 2 is 1.90 bits per heavy atom. The number of aliphatic hydroxyl groups is 2. The van der Waals surface area contributed by atoms with E-state index in [9.17, 15) is 10.2 Å². The van der Waals surface area contributed by atoms with Crippen LogP contribution in [0.15, 0.2) is 30.7 Å². The van der Waals surface area contributed by atoms with E-state index in [2.05, 4.69) is 72.7 Å². The lowest BCUT2D eigenvalue weighted by Gasteiger charge is -2.46. The fraction of sp³-hybridized carbons (Fsp3) is 0.594. The summed E-state index contributed by atoms with van der Waals surface area (Å²) in [6.07, 6.45) is 6.42. The first-order valence-corrected chi connectivity index (χ1v) is 15.7. The van der Waals surface area contributed by atoms with Gasteiger partial charge < -0.3 is 25.5 Å². The molecule has 0 spiro atoms. The molecule has 5 N–H and O–H groups in total. The van der Waals surface area contributed by atoms with Gasteiger partial charge in [-0.25, -0.2) is 15.0 Å². The van der Waals surface area contributed by atoms with Crippen LogP contribution < -0.4 is 5.73 Å². The van der Waals surface area contributed by atoms with E-state index < -0.39 is 12.2 Å². The Bertz CT molecular complexity index is 1570. The summed E-state index contributed by atoms with van der Waals surface area (Å²) in [6, 6.07) is 7.07. The lowest BCUT2D eigenvalue weighted by molar-refractivity contribution is -0.0180. The average molecular weight is 594 g/mol. The number of aromatic nitrogens is 5. The molecule has 226 valence electrons. The van der Waals surface area contributed by atoms with Crippen molar-refractivity contribution in [3.8, 4) is 0 Å². The topological polar surface area (TPSA) is 129 Å². The number of benzene rings is 1. The molecule has 2 aliphatic rings. The van der Waals surface area contributed by atoms with Crippen LogP contribution in [0, 0.1) is 11.8 Å². The predicted octanol–water partition coefficient (Wildman–Crippen LogP) is 5.25. The summed E-state index contributed by atoms with van der Waals surface area (Å²) >= 11 is 6.46. The molecule has 0 radical (unpaired) electrons. The van der Waals surface area contributed by atoms with Gasteiger partial charge in [-0.15, -0.1) is 0 Å². The number of halogens is 1. The predicted molar refractivity (Wildman–Crippen MR) is 168 cm³/mol. The number of nitrogen functional groups attached to an aromatic ring is 1. The first kappa shape index (κ1) is 29.4. The summed E-state index contributed by atoms with van der Waals surface area (Å²) in [5.41, 5.74) is 10.2. The van der Waals surface area contributed by atoms with Crippen molar-refractivity contribution in [2.24, 2.45) is 11.8 Å². The molecule has 3 heterocycles. The van der Waals surface area contributed by atoms with Crippen molar-refractivity contribution < 1.29 is 10.2 Å². The number of fused-ring (bicyclic) bond motifs is 2. The maximum atomic E-state index is 11.1. The smallest absolute Gasteiger partial charge is 0.147 e. The molecule has 0 bridgehead atoms. The van der Waals surface area contributed by atoms with E-state index in [0.717, 1.165) is 49.1 Å². The van der Waals surface area contributed by atoms with Crippen LogP contribution in [0.1, 0.15) is 77.7 Å². The van der Waals surface area contributed by atoms with Gasteiger partial charge in [-0.2, -0.15) is 0 Å². The van der Waals surface area contributed by atoms with Gasteiger partial charge in [0.2, 0.25) is 0 Å². The minimum Gasteiger partial charge on any atom is -0.390 e. The first-order chi connectivity index (χ1) is 19.9. The van der Waals surface area contributed by atoms with E-state index >= 15 is 0 Å². The molecule has 0 unspecified atom stereocenters. The van der Waals surface area contributed by atoms with Crippen LogP contribution in [0.25, 0.3) is 22.1 Å². The van der Waals surface area contributed by atoms with Crippen molar-refractivity contribution in [3.05, 3.63) is 47.1 Å². The van der Waals surface area contributed by atoms with Crippen LogP contribution in [0.5, 0.6) is 0 Å². The van der Waals surface area contributed by atoms with E-state index in [1.165, 1.54) is 11.9 Å². The van der Waals surface area contributed by atoms with Gasteiger partial charge in [0.05, 0.1) is 33.6 Å². The van der Waals surface area contributed by atoms with Crippen molar-refractivity contribution in [1.29, 1.82) is 0 Å². The Morgan fingerprint density at radius 1 is 1.14 bits per heavy atom. The highest BCUT2D eigenvalue weighted by Gasteiger charge is 2.45. The fourth-order valence-electron chi connectivity index (χ4n) is 7.11. The number of imidazole rings is 1. The monoisotopic (exact) mass is 593 g/mol. The first-order valence-electron chi connectivity index (χ1n) is 15.3. The van der Waals surface area contributed by atoms with E-state index in [4.69, 9.17) is 22.3 Å². The van der Waals surface area contributed by atoms with E-state index in [1.54, 1.807) is 6.20 Å². The van der Waals surface area contributed by atoms with E-state index in [1.807, 2.05) is 4.57 Å². The maximum Gasteiger partial charge on any atom is 0.147 e.